The van der Waals surface area contributed by atoms with E-state index in [-0.39, 0.29) is 29.2 Å². The number of nitrogens with one attached hydrogen (secondary N) is 1. The molecule has 1 aliphatic rings. The molecule has 7 heteroatoms. The van der Waals surface area contributed by atoms with Gasteiger partial charge in [0, 0.05) is 16.6 Å². The van der Waals surface area contributed by atoms with E-state index in [4.69, 9.17) is 5.73 Å². The van der Waals surface area contributed by atoms with Gasteiger partial charge in [0.2, 0.25) is 5.91 Å². The molecule has 0 aliphatic carbocycles. The third-order valence-corrected chi connectivity index (χ3v) is 6.08. The molecule has 1 heterocycles. The first-order valence-corrected chi connectivity index (χ1v) is 9.16. The number of carbonyl (C=O) groups excluding carboxylic acids is 1. The molecule has 1 fully saturated rings. The van der Waals surface area contributed by atoms with Gasteiger partial charge in [-0.25, -0.2) is 8.42 Å². The van der Waals surface area contributed by atoms with E-state index in [0.29, 0.717) is 12.1 Å². The van der Waals surface area contributed by atoms with Gasteiger partial charge < -0.3 is 11.1 Å². The number of rotatable bonds is 4. The number of carbonyl (C=O) groups is 1. The first kappa shape index (κ1) is 15.2. The highest BCUT2D eigenvalue weighted by molar-refractivity contribution is 8.00. The van der Waals surface area contributed by atoms with Crippen LogP contribution in [0, 0.1) is 6.92 Å². The highest BCUT2D eigenvalue weighted by Crippen LogP contribution is 2.27. The molecule has 1 unspecified atom stereocenters. The maximum atomic E-state index is 11.8. The summed E-state index contributed by atoms with van der Waals surface area (Å²) in [6.45, 7) is 1.92. The van der Waals surface area contributed by atoms with Crippen molar-refractivity contribution in [3.05, 3.63) is 23.8 Å². The van der Waals surface area contributed by atoms with Crippen LogP contribution >= 0.6 is 11.8 Å². The standard InChI is InChI=1S/C13H18N2O3S2/c1-9-3-2-4-11(13(9)14)19-7-12(16)15-10-5-6-20(17,18)8-10/h2-4,10H,5-8,14H2,1H3,(H,15,16). The van der Waals surface area contributed by atoms with Gasteiger partial charge in [-0.1, -0.05) is 12.1 Å². The molecule has 1 aliphatic heterocycles. The van der Waals surface area contributed by atoms with Crippen molar-refractivity contribution in [2.45, 2.75) is 24.3 Å². The molecule has 1 aromatic carbocycles. The number of nitrogens with two attached hydrogens (primary N) is 1. The molecule has 20 heavy (non-hydrogen) atoms. The van der Waals surface area contributed by atoms with E-state index < -0.39 is 9.84 Å². The van der Waals surface area contributed by atoms with E-state index in [1.54, 1.807) is 0 Å². The van der Waals surface area contributed by atoms with Gasteiger partial charge >= 0.3 is 0 Å². The fourth-order valence-electron chi connectivity index (χ4n) is 2.10. The number of nitrogen functional groups attached to an aromatic ring is 1. The molecule has 5 nitrogen and oxygen atoms in total. The van der Waals surface area contributed by atoms with E-state index in [1.807, 2.05) is 25.1 Å². The van der Waals surface area contributed by atoms with E-state index in [9.17, 15) is 13.2 Å². The second kappa shape index (κ2) is 6.05. The number of aryl methyl sites for hydroxylation is 1. The Hall–Kier alpha value is -1.21. The first-order chi connectivity index (χ1) is 9.37. The van der Waals surface area contributed by atoms with Crippen LogP contribution in [0.4, 0.5) is 5.69 Å². The summed E-state index contributed by atoms with van der Waals surface area (Å²) in [7, 11) is -2.96. The molecule has 1 amide bonds. The number of thioether (sulfide) groups is 1. The van der Waals surface area contributed by atoms with Crippen LogP contribution < -0.4 is 11.1 Å². The minimum absolute atomic E-state index is 0.0516. The second-order valence-corrected chi connectivity index (χ2v) is 8.19. The SMILES string of the molecule is Cc1cccc(SCC(=O)NC2CCS(=O)(=O)C2)c1N. The Morgan fingerprint density at radius 1 is 1.50 bits per heavy atom. The fourth-order valence-corrected chi connectivity index (χ4v) is 4.64. The molecule has 0 aromatic heterocycles. The van der Waals surface area contributed by atoms with E-state index in [2.05, 4.69) is 5.32 Å². The summed E-state index contributed by atoms with van der Waals surface area (Å²) in [5.41, 5.74) is 7.61. The number of hydrogen-bond donors (Lipinski definition) is 2. The molecule has 0 bridgehead atoms. The van der Waals surface area contributed by atoms with Crippen LogP contribution in [-0.4, -0.2) is 37.6 Å². The van der Waals surface area contributed by atoms with Gasteiger partial charge in [0.1, 0.15) is 0 Å². The van der Waals surface area contributed by atoms with Gasteiger partial charge in [0.15, 0.2) is 9.84 Å². The van der Waals surface area contributed by atoms with Gasteiger partial charge in [-0.2, -0.15) is 0 Å². The number of para-hydroxylation sites is 1. The van der Waals surface area contributed by atoms with Gasteiger partial charge in [0.25, 0.3) is 0 Å². The van der Waals surface area contributed by atoms with Crippen molar-refractivity contribution in [1.29, 1.82) is 0 Å². The van der Waals surface area contributed by atoms with Crippen molar-refractivity contribution < 1.29 is 13.2 Å². The quantitative estimate of drug-likeness (QED) is 0.638. The van der Waals surface area contributed by atoms with E-state index >= 15 is 0 Å². The van der Waals surface area contributed by atoms with Crippen molar-refractivity contribution in [2.24, 2.45) is 0 Å². The largest absolute Gasteiger partial charge is 0.398 e. The summed E-state index contributed by atoms with van der Waals surface area (Å²) in [5.74, 6) is 0.300. The number of sulfone groups is 1. The molecule has 0 spiro atoms. The van der Waals surface area contributed by atoms with Crippen LogP contribution in [0.5, 0.6) is 0 Å². The van der Waals surface area contributed by atoms with Crippen LogP contribution in [0.1, 0.15) is 12.0 Å². The number of anilines is 1. The Kier molecular flexibility index (Phi) is 4.59. The lowest BCUT2D eigenvalue weighted by molar-refractivity contribution is -0.119. The lowest BCUT2D eigenvalue weighted by Crippen LogP contribution is -2.36. The molecule has 1 aromatic rings. The second-order valence-electron chi connectivity index (χ2n) is 4.94. The smallest absolute Gasteiger partial charge is 0.230 e. The van der Waals surface area contributed by atoms with E-state index in [1.165, 1.54) is 11.8 Å². The third-order valence-electron chi connectivity index (χ3n) is 3.24. The summed E-state index contributed by atoms with van der Waals surface area (Å²) in [6, 6.07) is 5.45. The average molecular weight is 314 g/mol. The monoisotopic (exact) mass is 314 g/mol. The molecule has 110 valence electrons. The van der Waals surface area contributed by atoms with Crippen LogP contribution in [0.2, 0.25) is 0 Å². The maximum Gasteiger partial charge on any atom is 0.230 e. The Morgan fingerprint density at radius 3 is 2.90 bits per heavy atom. The van der Waals surface area contributed by atoms with E-state index in [0.717, 1.165) is 10.5 Å². The third kappa shape index (κ3) is 3.89. The average Bonchev–Trinajstić information content (AvgIpc) is 2.70. The topological polar surface area (TPSA) is 89.3 Å². The summed E-state index contributed by atoms with van der Waals surface area (Å²) >= 11 is 1.37. The number of hydrogen-bond acceptors (Lipinski definition) is 5. The van der Waals surface area contributed by atoms with Crippen LogP contribution in [0.3, 0.4) is 0 Å². The van der Waals surface area contributed by atoms with Crippen molar-refractivity contribution in [3.63, 3.8) is 0 Å². The molecule has 2 rings (SSSR count). The van der Waals surface area contributed by atoms with Gasteiger partial charge in [0.05, 0.1) is 17.3 Å². The maximum absolute atomic E-state index is 11.8. The number of amides is 1. The number of benzene rings is 1. The zero-order valence-electron chi connectivity index (χ0n) is 11.3. The minimum Gasteiger partial charge on any atom is -0.398 e. The van der Waals surface area contributed by atoms with Gasteiger partial charge in [-0.15, -0.1) is 11.8 Å². The van der Waals surface area contributed by atoms with Crippen molar-refractivity contribution >= 4 is 33.2 Å². The zero-order valence-corrected chi connectivity index (χ0v) is 12.9. The molecule has 3 N–H and O–H groups in total. The summed E-state index contributed by atoms with van der Waals surface area (Å²) in [5, 5.41) is 2.76. The predicted molar refractivity (Wildman–Crippen MR) is 81.5 cm³/mol. The predicted octanol–water partition coefficient (Wildman–Crippen LogP) is 0.973. The molecular weight excluding hydrogens is 296 g/mol. The van der Waals surface area contributed by atoms with Gasteiger partial charge in [-0.3, -0.25) is 4.79 Å². The van der Waals surface area contributed by atoms with Crippen molar-refractivity contribution in [1.82, 2.24) is 5.32 Å². The lowest BCUT2D eigenvalue weighted by atomic mass is 10.2. The molecule has 0 saturated carbocycles. The van der Waals surface area contributed by atoms with Crippen molar-refractivity contribution in [2.75, 3.05) is 23.0 Å². The Bertz CT molecular complexity index is 614. The highest BCUT2D eigenvalue weighted by atomic mass is 32.2. The molecule has 1 atom stereocenters. The normalized spacial score (nSPS) is 20.8. The summed E-state index contributed by atoms with van der Waals surface area (Å²) < 4.78 is 22.6. The Balaban J connectivity index is 1.85. The lowest BCUT2D eigenvalue weighted by Gasteiger charge is -2.11. The van der Waals surface area contributed by atoms with Crippen LogP contribution in [0.15, 0.2) is 23.1 Å². The highest BCUT2D eigenvalue weighted by Gasteiger charge is 2.28. The van der Waals surface area contributed by atoms with Crippen LogP contribution in [-0.2, 0) is 14.6 Å². The first-order valence-electron chi connectivity index (χ1n) is 6.35. The Labute approximate surface area is 123 Å². The summed E-state index contributed by atoms with van der Waals surface area (Å²) in [4.78, 5) is 12.7. The minimum atomic E-state index is -2.96. The zero-order chi connectivity index (χ0) is 14.8. The molecular formula is C13H18N2O3S2. The van der Waals surface area contributed by atoms with Crippen molar-refractivity contribution in [3.8, 4) is 0 Å². The van der Waals surface area contributed by atoms with Gasteiger partial charge in [-0.05, 0) is 25.0 Å². The molecule has 1 saturated heterocycles. The van der Waals surface area contributed by atoms with Crippen LogP contribution in [0.25, 0.3) is 0 Å². The molecule has 0 radical (unpaired) electrons. The fraction of sp³-hybridized carbons (Fsp3) is 0.462. The Morgan fingerprint density at radius 2 is 2.25 bits per heavy atom. The summed E-state index contributed by atoms with van der Waals surface area (Å²) in [6.07, 6.45) is 0.505.